The van der Waals surface area contributed by atoms with Gasteiger partial charge in [-0.1, -0.05) is 193 Å². The molecule has 0 amide bonds. The molecule has 1 aromatic rings. The Morgan fingerprint density at radius 1 is 0.370 bits per heavy atom. The molecule has 0 spiro atoms. The van der Waals surface area contributed by atoms with Crippen molar-refractivity contribution in [3.05, 3.63) is 34.9 Å². The van der Waals surface area contributed by atoms with Gasteiger partial charge in [0.1, 0.15) is 0 Å². The van der Waals surface area contributed by atoms with Crippen LogP contribution in [-0.4, -0.2) is 30.9 Å². The van der Waals surface area contributed by atoms with E-state index in [2.05, 4.69) is 39.0 Å². The maximum absolute atomic E-state index is 4.71. The van der Waals surface area contributed by atoms with Crippen molar-refractivity contribution in [1.82, 2.24) is 0 Å². The van der Waals surface area contributed by atoms with E-state index in [0.29, 0.717) is 0 Å². The highest BCUT2D eigenvalue weighted by atomic mass is 28.3. The monoisotopic (exact) mass is 662 g/mol. The molecule has 0 heterocycles. The van der Waals surface area contributed by atoms with E-state index >= 15 is 0 Å². The van der Waals surface area contributed by atoms with Gasteiger partial charge in [0.05, 0.1) is 0 Å². The molecule has 46 heavy (non-hydrogen) atoms. The molecule has 4 heteroatoms. The van der Waals surface area contributed by atoms with Gasteiger partial charge >= 0.3 is 9.53 Å². The second-order valence-corrected chi connectivity index (χ2v) is 15.4. The first-order chi connectivity index (χ1) is 22.7. The van der Waals surface area contributed by atoms with E-state index in [1.807, 2.05) is 0 Å². The molecule has 0 aliphatic carbocycles. The molecular weight excluding hydrogens is 581 g/mol. The molecule has 0 aliphatic heterocycles. The molecule has 0 bridgehead atoms. The smallest absolute Gasteiger partial charge is 0.375 e. The van der Waals surface area contributed by atoms with Crippen molar-refractivity contribution >= 4 is 9.53 Å². The summed E-state index contributed by atoms with van der Waals surface area (Å²) in [6.45, 7) is 6.95. The largest absolute Gasteiger partial charge is 0.576 e. The van der Waals surface area contributed by atoms with Gasteiger partial charge in [0, 0.05) is 21.3 Å². The molecule has 0 fully saturated rings. The Kier molecular flexibility index (Phi) is 36.6. The predicted octanol–water partition coefficient (Wildman–Crippen LogP) is 13.8. The molecule has 1 aromatic carbocycles. The van der Waals surface area contributed by atoms with Crippen LogP contribution in [0.2, 0.25) is 0 Å². The van der Waals surface area contributed by atoms with Gasteiger partial charge in [0.15, 0.2) is 0 Å². The molecule has 1 rings (SSSR count). The average molecular weight is 662 g/mol. The van der Waals surface area contributed by atoms with Crippen molar-refractivity contribution in [2.24, 2.45) is 0 Å². The maximum Gasteiger partial charge on any atom is 0.576 e. The molecule has 0 aromatic heterocycles. The Morgan fingerprint density at radius 2 is 0.630 bits per heavy atom. The summed E-state index contributed by atoms with van der Waals surface area (Å²) in [6, 6.07) is 7.33. The fourth-order valence-corrected chi connectivity index (χ4v) is 7.09. The van der Waals surface area contributed by atoms with Gasteiger partial charge in [-0.25, -0.2) is 0 Å². The quantitative estimate of drug-likeness (QED) is 0.0554. The summed E-state index contributed by atoms with van der Waals surface area (Å²) in [5.41, 5.74) is 5.16. The highest BCUT2D eigenvalue weighted by Crippen LogP contribution is 2.24. The van der Waals surface area contributed by atoms with Crippen LogP contribution in [0.15, 0.2) is 18.2 Å². The van der Waals surface area contributed by atoms with Crippen LogP contribution >= 0.6 is 0 Å². The van der Waals surface area contributed by atoms with Crippen LogP contribution < -0.4 is 0 Å². The Hall–Kier alpha value is -0.683. The summed E-state index contributed by atoms with van der Waals surface area (Å²) in [6.07, 6.45) is 42.6. The van der Waals surface area contributed by atoms with Crippen LogP contribution in [0.25, 0.3) is 0 Å². The van der Waals surface area contributed by atoms with E-state index < -0.39 is 9.53 Å². The lowest BCUT2D eigenvalue weighted by atomic mass is 9.90. The van der Waals surface area contributed by atoms with Gasteiger partial charge in [-0.3, -0.25) is 0 Å². The fraction of sp³-hybridized carbons (Fsp3) is 0.857. The molecule has 3 nitrogen and oxygen atoms in total. The molecule has 0 N–H and O–H groups in total. The number of unbranched alkanes of at least 4 members (excludes halogenated alkanes) is 24. The molecular formula is C42H81O3Si. The van der Waals surface area contributed by atoms with Gasteiger partial charge in [0.25, 0.3) is 0 Å². The van der Waals surface area contributed by atoms with E-state index in [1.54, 1.807) is 38.0 Å². The first-order valence-corrected chi connectivity index (χ1v) is 21.5. The third kappa shape index (κ3) is 28.3. The van der Waals surface area contributed by atoms with Gasteiger partial charge < -0.3 is 13.3 Å². The molecule has 271 valence electrons. The van der Waals surface area contributed by atoms with Crippen molar-refractivity contribution in [2.75, 3.05) is 21.3 Å². The van der Waals surface area contributed by atoms with Gasteiger partial charge in [-0.2, -0.15) is 0 Å². The van der Waals surface area contributed by atoms with Gasteiger partial charge in [-0.15, -0.1) is 0 Å². The van der Waals surface area contributed by atoms with E-state index in [9.17, 15) is 0 Å². The second kappa shape index (κ2) is 37.1. The zero-order valence-corrected chi connectivity index (χ0v) is 33.2. The van der Waals surface area contributed by atoms with E-state index in [0.717, 1.165) is 0 Å². The lowest BCUT2D eigenvalue weighted by molar-refractivity contribution is 0.163. The molecule has 0 atom stereocenters. The van der Waals surface area contributed by atoms with Crippen molar-refractivity contribution in [3.63, 3.8) is 0 Å². The van der Waals surface area contributed by atoms with Crippen LogP contribution in [0.4, 0.5) is 0 Å². The van der Waals surface area contributed by atoms with Crippen LogP contribution in [0.3, 0.4) is 0 Å². The lowest BCUT2D eigenvalue weighted by Crippen LogP contribution is -2.21. The van der Waals surface area contributed by atoms with Gasteiger partial charge in [0.2, 0.25) is 0 Å². The minimum absolute atomic E-state index is 1.31. The first-order valence-electron chi connectivity index (χ1n) is 20.3. The predicted molar refractivity (Wildman–Crippen MR) is 206 cm³/mol. The number of aryl methyl sites for hydroxylation is 2. The van der Waals surface area contributed by atoms with Crippen molar-refractivity contribution in [3.8, 4) is 0 Å². The molecule has 1 radical (unpaired) electrons. The third-order valence-corrected chi connectivity index (χ3v) is 10.5. The van der Waals surface area contributed by atoms with E-state index in [1.165, 1.54) is 193 Å². The fourth-order valence-electron chi connectivity index (χ4n) is 6.59. The van der Waals surface area contributed by atoms with Crippen LogP contribution in [-0.2, 0) is 32.5 Å². The second-order valence-electron chi connectivity index (χ2n) is 13.7. The number of rotatable bonds is 33. The third-order valence-electron chi connectivity index (χ3n) is 9.50. The molecule has 0 aliphatic rings. The molecule has 0 saturated carbocycles. The summed E-state index contributed by atoms with van der Waals surface area (Å²) in [7, 11) is 3.31. The Bertz CT molecular complexity index is 715. The maximum atomic E-state index is 4.71. The van der Waals surface area contributed by atoms with Crippen LogP contribution in [0.1, 0.15) is 211 Å². The zero-order valence-electron chi connectivity index (χ0n) is 32.2. The van der Waals surface area contributed by atoms with Gasteiger partial charge in [-0.05, 0) is 55.2 Å². The average Bonchev–Trinajstić information content (AvgIpc) is 3.07. The number of hydrogen-bond donors (Lipinski definition) is 0. The summed E-state index contributed by atoms with van der Waals surface area (Å²) in [5, 5.41) is 0. The molecule has 0 saturated heterocycles. The standard InChI is InChI=1S/C39H72.C3H9O3Si/c1-4-7-10-13-16-18-20-22-24-26-29-33-38-35-31-34-37(39(38)36-30-27-15-12-9-6-3)32-28-25-23-21-19-17-14-11-8-5-2;1-4-7(5-2)6-3/h31,34-35H,4-30,32-33,36H2,1-3H3;1-3H3. The normalized spacial score (nSPS) is 11.3. The van der Waals surface area contributed by atoms with Crippen molar-refractivity contribution in [1.29, 1.82) is 0 Å². The van der Waals surface area contributed by atoms with E-state index in [4.69, 9.17) is 13.3 Å². The highest BCUT2D eigenvalue weighted by molar-refractivity contribution is 6.36. The topological polar surface area (TPSA) is 27.7 Å². The first kappa shape index (κ1) is 45.3. The lowest BCUT2D eigenvalue weighted by Gasteiger charge is -2.16. The Morgan fingerprint density at radius 3 is 0.891 bits per heavy atom. The minimum Gasteiger partial charge on any atom is -0.375 e. The highest BCUT2D eigenvalue weighted by Gasteiger charge is 2.10. The van der Waals surface area contributed by atoms with Crippen LogP contribution in [0, 0.1) is 0 Å². The number of benzene rings is 1. The zero-order chi connectivity index (χ0) is 33.8. The molecule has 0 unspecified atom stereocenters. The number of hydrogen-bond acceptors (Lipinski definition) is 3. The Balaban J connectivity index is 0.00000258. The van der Waals surface area contributed by atoms with Crippen LogP contribution in [0.5, 0.6) is 0 Å². The Labute approximate surface area is 291 Å². The van der Waals surface area contributed by atoms with Crippen molar-refractivity contribution in [2.45, 2.75) is 213 Å². The van der Waals surface area contributed by atoms with Crippen molar-refractivity contribution < 1.29 is 13.3 Å². The van der Waals surface area contributed by atoms with E-state index in [-0.39, 0.29) is 0 Å². The summed E-state index contributed by atoms with van der Waals surface area (Å²) in [5.74, 6) is 0. The summed E-state index contributed by atoms with van der Waals surface area (Å²) < 4.78 is 14.1. The SMILES string of the molecule is CCCCCCCCCCCCCc1cccc(CCCCCCCCCCCC)c1CCCCCCCC.CO[Si](OC)OC. The summed E-state index contributed by atoms with van der Waals surface area (Å²) in [4.78, 5) is 0. The summed E-state index contributed by atoms with van der Waals surface area (Å²) >= 11 is 0. The minimum atomic E-state index is -1.36.